The maximum atomic E-state index is 12.8. The second-order valence-corrected chi connectivity index (χ2v) is 7.06. The number of amides is 1. The van der Waals surface area contributed by atoms with E-state index in [1.807, 2.05) is 15.6 Å². The fourth-order valence-corrected chi connectivity index (χ4v) is 3.64. The number of carbonyl (C=O) groups excluding carboxylic acids is 1. The zero-order chi connectivity index (χ0) is 17.4. The summed E-state index contributed by atoms with van der Waals surface area (Å²) in [6, 6.07) is 2.14. The van der Waals surface area contributed by atoms with Crippen LogP contribution >= 0.6 is 0 Å². The molecule has 2 saturated heterocycles. The first-order valence-corrected chi connectivity index (χ1v) is 8.99. The number of ether oxygens (including phenoxy) is 2. The van der Waals surface area contributed by atoms with Crippen molar-refractivity contribution in [2.75, 3.05) is 26.3 Å². The van der Waals surface area contributed by atoms with Crippen LogP contribution in [0.3, 0.4) is 0 Å². The van der Waals surface area contributed by atoms with Gasteiger partial charge in [0.2, 0.25) is 0 Å². The topological polar surface area (TPSA) is 69.5 Å². The highest BCUT2D eigenvalue weighted by molar-refractivity contribution is 5.96. The van der Waals surface area contributed by atoms with Crippen molar-refractivity contribution >= 4 is 16.9 Å². The van der Waals surface area contributed by atoms with E-state index in [1.165, 1.54) is 0 Å². The molecule has 1 amide bonds. The molecule has 0 bridgehead atoms. The number of aromatic nitrogens is 3. The van der Waals surface area contributed by atoms with Crippen LogP contribution in [0, 0.1) is 5.92 Å². The summed E-state index contributed by atoms with van der Waals surface area (Å²) in [7, 11) is 0. The maximum Gasteiger partial charge on any atom is 0.255 e. The number of likely N-dealkylation sites (tertiary alicyclic amines) is 1. The third kappa shape index (κ3) is 3.14. The highest BCUT2D eigenvalue weighted by atomic mass is 16.7. The number of carbonyl (C=O) groups is 1. The second kappa shape index (κ2) is 6.72. The molecule has 25 heavy (non-hydrogen) atoms. The Morgan fingerprint density at radius 3 is 2.60 bits per heavy atom. The van der Waals surface area contributed by atoms with Crippen molar-refractivity contribution in [1.82, 2.24) is 19.7 Å². The van der Waals surface area contributed by atoms with Gasteiger partial charge in [-0.05, 0) is 32.8 Å². The summed E-state index contributed by atoms with van der Waals surface area (Å²) in [5.41, 5.74) is 1.45. The summed E-state index contributed by atoms with van der Waals surface area (Å²) in [4.78, 5) is 19.2. The Balaban J connectivity index is 1.45. The Bertz CT molecular complexity index is 759. The molecule has 0 N–H and O–H groups in total. The number of rotatable bonds is 3. The van der Waals surface area contributed by atoms with Crippen molar-refractivity contribution in [2.45, 2.75) is 39.0 Å². The molecule has 4 rings (SSSR count). The van der Waals surface area contributed by atoms with Gasteiger partial charge < -0.3 is 14.4 Å². The van der Waals surface area contributed by atoms with Crippen molar-refractivity contribution in [3.8, 4) is 0 Å². The van der Waals surface area contributed by atoms with Gasteiger partial charge in [0.25, 0.3) is 5.91 Å². The highest BCUT2D eigenvalue weighted by Crippen LogP contribution is 2.27. The zero-order valence-electron chi connectivity index (χ0n) is 14.7. The molecule has 2 aliphatic heterocycles. The summed E-state index contributed by atoms with van der Waals surface area (Å²) in [5.74, 6) is 0.426. The molecule has 0 saturated carbocycles. The summed E-state index contributed by atoms with van der Waals surface area (Å²) < 4.78 is 13.1. The zero-order valence-corrected chi connectivity index (χ0v) is 14.7. The van der Waals surface area contributed by atoms with Gasteiger partial charge in [-0.15, -0.1) is 0 Å². The Hall–Kier alpha value is -1.99. The molecule has 2 aromatic rings. The van der Waals surface area contributed by atoms with E-state index in [9.17, 15) is 4.79 Å². The van der Waals surface area contributed by atoms with E-state index in [0.717, 1.165) is 37.0 Å². The molecular formula is C18H24N4O3. The minimum Gasteiger partial charge on any atom is -0.350 e. The van der Waals surface area contributed by atoms with E-state index in [1.54, 1.807) is 12.4 Å². The number of hydrogen-bond acceptors (Lipinski definition) is 5. The number of nitrogens with zero attached hydrogens (tertiary/aromatic N) is 4. The lowest BCUT2D eigenvalue weighted by Crippen LogP contribution is -2.41. The van der Waals surface area contributed by atoms with E-state index in [2.05, 4.69) is 23.9 Å². The first-order valence-electron chi connectivity index (χ1n) is 8.99. The average Bonchev–Trinajstić information content (AvgIpc) is 3.30. The molecule has 4 heterocycles. The fraction of sp³-hybridized carbons (Fsp3) is 0.611. The van der Waals surface area contributed by atoms with Crippen molar-refractivity contribution in [2.24, 2.45) is 5.92 Å². The molecule has 2 fully saturated rings. The van der Waals surface area contributed by atoms with Crippen molar-refractivity contribution in [1.29, 1.82) is 0 Å². The van der Waals surface area contributed by atoms with E-state index < -0.39 is 0 Å². The lowest BCUT2D eigenvalue weighted by molar-refractivity contribution is -0.0956. The Kier molecular flexibility index (Phi) is 4.43. The number of hydrogen-bond donors (Lipinski definition) is 0. The van der Waals surface area contributed by atoms with Gasteiger partial charge in [0.15, 0.2) is 11.9 Å². The van der Waals surface area contributed by atoms with Crippen LogP contribution in [-0.2, 0) is 9.47 Å². The maximum absolute atomic E-state index is 12.8. The number of fused-ring (bicyclic) bond motifs is 1. The van der Waals surface area contributed by atoms with Crippen LogP contribution in [0.2, 0.25) is 0 Å². The van der Waals surface area contributed by atoms with Crippen LogP contribution in [0.15, 0.2) is 18.5 Å². The molecule has 0 aliphatic carbocycles. The Labute approximate surface area is 146 Å². The van der Waals surface area contributed by atoms with Crippen LogP contribution in [0.1, 0.15) is 43.1 Å². The van der Waals surface area contributed by atoms with Gasteiger partial charge in [-0.1, -0.05) is 0 Å². The minimum atomic E-state index is -0.0860. The van der Waals surface area contributed by atoms with Crippen molar-refractivity contribution < 1.29 is 14.3 Å². The first-order chi connectivity index (χ1) is 12.1. The van der Waals surface area contributed by atoms with Crippen LogP contribution in [0.25, 0.3) is 11.0 Å². The largest absolute Gasteiger partial charge is 0.350 e. The Morgan fingerprint density at radius 1 is 1.20 bits per heavy atom. The summed E-state index contributed by atoms with van der Waals surface area (Å²) in [6.45, 7) is 6.95. The molecule has 0 aromatic carbocycles. The lowest BCUT2D eigenvalue weighted by atomic mass is 9.95. The van der Waals surface area contributed by atoms with Gasteiger partial charge in [-0.25, -0.2) is 9.67 Å². The predicted molar refractivity (Wildman–Crippen MR) is 92.2 cm³/mol. The molecular weight excluding hydrogens is 320 g/mol. The second-order valence-electron chi connectivity index (χ2n) is 7.06. The van der Waals surface area contributed by atoms with Crippen LogP contribution in [0.4, 0.5) is 0 Å². The molecule has 0 spiro atoms. The summed E-state index contributed by atoms with van der Waals surface area (Å²) >= 11 is 0. The number of piperidine rings is 1. The molecule has 7 heteroatoms. The minimum absolute atomic E-state index is 0.0402. The molecule has 134 valence electrons. The molecule has 2 aromatic heterocycles. The van der Waals surface area contributed by atoms with E-state index >= 15 is 0 Å². The Morgan fingerprint density at radius 2 is 1.92 bits per heavy atom. The quantitative estimate of drug-likeness (QED) is 0.854. The molecule has 0 radical (unpaired) electrons. The van der Waals surface area contributed by atoms with Gasteiger partial charge >= 0.3 is 0 Å². The van der Waals surface area contributed by atoms with Gasteiger partial charge in [0.1, 0.15) is 0 Å². The normalized spacial score (nSPS) is 20.0. The summed E-state index contributed by atoms with van der Waals surface area (Å²) in [5, 5.41) is 5.27. The first kappa shape index (κ1) is 16.5. The van der Waals surface area contributed by atoms with Crippen LogP contribution < -0.4 is 0 Å². The van der Waals surface area contributed by atoms with Gasteiger partial charge in [-0.3, -0.25) is 4.79 Å². The van der Waals surface area contributed by atoms with Crippen LogP contribution in [-0.4, -0.2) is 58.2 Å². The van der Waals surface area contributed by atoms with Crippen molar-refractivity contribution in [3.63, 3.8) is 0 Å². The fourth-order valence-electron chi connectivity index (χ4n) is 3.64. The SMILES string of the molecule is CC(C)n1ncc2cc(C(=O)N3CCC(C4OCCO4)CC3)cnc21. The third-order valence-corrected chi connectivity index (χ3v) is 5.03. The average molecular weight is 344 g/mol. The van der Waals surface area contributed by atoms with E-state index in [-0.39, 0.29) is 18.2 Å². The monoisotopic (exact) mass is 344 g/mol. The molecule has 0 atom stereocenters. The van der Waals surface area contributed by atoms with Gasteiger partial charge in [0, 0.05) is 36.6 Å². The van der Waals surface area contributed by atoms with Crippen LogP contribution in [0.5, 0.6) is 0 Å². The van der Waals surface area contributed by atoms with E-state index in [0.29, 0.717) is 24.7 Å². The van der Waals surface area contributed by atoms with Gasteiger partial charge in [0.05, 0.1) is 25.0 Å². The number of pyridine rings is 1. The standard InChI is InChI=1S/C18H24N4O3/c1-12(2)22-16-14(11-20-22)9-15(10-19-16)17(23)21-5-3-13(4-6-21)18-24-7-8-25-18/h9-13,18H,3-8H2,1-2H3. The summed E-state index contributed by atoms with van der Waals surface area (Å²) in [6.07, 6.45) is 5.19. The lowest BCUT2D eigenvalue weighted by Gasteiger charge is -2.33. The molecule has 7 nitrogen and oxygen atoms in total. The van der Waals surface area contributed by atoms with Crippen molar-refractivity contribution in [3.05, 3.63) is 24.0 Å². The predicted octanol–water partition coefficient (Wildman–Crippen LogP) is 2.24. The molecule has 2 aliphatic rings. The third-order valence-electron chi connectivity index (χ3n) is 5.03. The smallest absolute Gasteiger partial charge is 0.255 e. The molecule has 0 unspecified atom stereocenters. The highest BCUT2D eigenvalue weighted by Gasteiger charge is 2.32. The van der Waals surface area contributed by atoms with E-state index in [4.69, 9.17) is 9.47 Å². The van der Waals surface area contributed by atoms with Gasteiger partial charge in [-0.2, -0.15) is 5.10 Å².